The van der Waals surface area contributed by atoms with Crippen molar-refractivity contribution in [3.63, 3.8) is 0 Å². The summed E-state index contributed by atoms with van der Waals surface area (Å²) in [4.78, 5) is 25.9. The van der Waals surface area contributed by atoms with Crippen LogP contribution in [0.2, 0.25) is 0 Å². The highest BCUT2D eigenvalue weighted by molar-refractivity contribution is 5.90. The minimum absolute atomic E-state index is 0.0254. The number of carbonyl (C=O) groups is 2. The molecular weight excluding hydrogens is 230 g/mol. The van der Waals surface area contributed by atoms with Crippen LogP contribution in [0, 0.1) is 5.92 Å². The Hall–Kier alpha value is -1.10. The smallest absolute Gasteiger partial charge is 0.243 e. The van der Waals surface area contributed by atoms with Crippen LogP contribution < -0.4 is 10.6 Å². The molecule has 0 aliphatic carbocycles. The van der Waals surface area contributed by atoms with Gasteiger partial charge < -0.3 is 15.5 Å². The van der Waals surface area contributed by atoms with Gasteiger partial charge in [0.05, 0.1) is 6.04 Å². The zero-order valence-corrected chi connectivity index (χ0v) is 11.8. The molecule has 0 saturated carbocycles. The molecule has 1 rings (SSSR count). The first kappa shape index (κ1) is 15.0. The molecule has 18 heavy (non-hydrogen) atoms. The lowest BCUT2D eigenvalue weighted by Gasteiger charge is -2.31. The molecule has 1 saturated heterocycles. The summed E-state index contributed by atoms with van der Waals surface area (Å²) in [6.07, 6.45) is 1.89. The van der Waals surface area contributed by atoms with Crippen molar-refractivity contribution in [2.75, 3.05) is 20.1 Å². The van der Waals surface area contributed by atoms with Crippen LogP contribution in [0.4, 0.5) is 0 Å². The largest absolute Gasteiger partial charge is 0.355 e. The van der Waals surface area contributed by atoms with Crippen molar-refractivity contribution in [1.82, 2.24) is 15.5 Å². The number of nitrogens with one attached hydrogen (secondary N) is 2. The van der Waals surface area contributed by atoms with Crippen LogP contribution in [0.5, 0.6) is 0 Å². The molecule has 0 aromatic carbocycles. The highest BCUT2D eigenvalue weighted by Crippen LogP contribution is 2.14. The number of amides is 2. The summed E-state index contributed by atoms with van der Waals surface area (Å²) in [6.45, 7) is 7.29. The van der Waals surface area contributed by atoms with Crippen molar-refractivity contribution in [2.24, 2.45) is 5.92 Å². The summed E-state index contributed by atoms with van der Waals surface area (Å²) >= 11 is 0. The van der Waals surface area contributed by atoms with Gasteiger partial charge in [-0.2, -0.15) is 0 Å². The summed E-state index contributed by atoms with van der Waals surface area (Å²) in [5.74, 6) is 0.0608. The van der Waals surface area contributed by atoms with Gasteiger partial charge in [0, 0.05) is 13.6 Å². The number of likely N-dealkylation sites (N-methyl/N-ethyl adjacent to an activating group) is 2. The Morgan fingerprint density at radius 2 is 2.11 bits per heavy atom. The summed E-state index contributed by atoms with van der Waals surface area (Å²) < 4.78 is 0. The molecule has 0 unspecified atom stereocenters. The van der Waals surface area contributed by atoms with E-state index in [1.807, 2.05) is 20.8 Å². The minimum Gasteiger partial charge on any atom is -0.355 e. The van der Waals surface area contributed by atoms with E-state index >= 15 is 0 Å². The fourth-order valence-electron chi connectivity index (χ4n) is 2.48. The van der Waals surface area contributed by atoms with Crippen LogP contribution in [0.25, 0.3) is 0 Å². The van der Waals surface area contributed by atoms with Gasteiger partial charge in [-0.15, -0.1) is 0 Å². The fourth-order valence-corrected chi connectivity index (χ4v) is 2.48. The molecule has 1 aliphatic heterocycles. The third kappa shape index (κ3) is 3.45. The standard InChI is InChI=1S/C13H25N3O2/c1-5-14-12(17)11(9(2)3)16(4)13(18)10-7-6-8-15-10/h9-11,15H,5-8H2,1-4H3,(H,14,17)/t10-,11+/m0/s1. The van der Waals surface area contributed by atoms with Crippen LogP contribution in [0.1, 0.15) is 33.6 Å². The van der Waals surface area contributed by atoms with Crippen LogP contribution in [0.3, 0.4) is 0 Å². The molecule has 0 bridgehead atoms. The van der Waals surface area contributed by atoms with Gasteiger partial charge in [-0.3, -0.25) is 9.59 Å². The molecule has 0 spiro atoms. The molecule has 0 radical (unpaired) electrons. The molecule has 2 amide bonds. The molecule has 1 fully saturated rings. The van der Waals surface area contributed by atoms with Crippen LogP contribution in [-0.4, -0.2) is 48.9 Å². The highest BCUT2D eigenvalue weighted by Gasteiger charge is 2.33. The Bertz CT molecular complexity index is 299. The molecule has 2 atom stereocenters. The lowest BCUT2D eigenvalue weighted by Crippen LogP contribution is -2.54. The van der Waals surface area contributed by atoms with E-state index in [9.17, 15) is 9.59 Å². The molecular formula is C13H25N3O2. The van der Waals surface area contributed by atoms with Crippen LogP contribution >= 0.6 is 0 Å². The minimum atomic E-state index is -0.389. The van der Waals surface area contributed by atoms with Gasteiger partial charge in [0.2, 0.25) is 11.8 Å². The van der Waals surface area contributed by atoms with Crippen molar-refractivity contribution in [2.45, 2.75) is 45.7 Å². The Balaban J connectivity index is 2.72. The monoisotopic (exact) mass is 255 g/mol. The number of rotatable bonds is 5. The molecule has 0 aromatic rings. The Labute approximate surface area is 109 Å². The zero-order valence-electron chi connectivity index (χ0n) is 11.8. The lowest BCUT2D eigenvalue weighted by atomic mass is 10.0. The summed E-state index contributed by atoms with van der Waals surface area (Å²) in [5.41, 5.74) is 0. The predicted molar refractivity (Wildman–Crippen MR) is 71.1 cm³/mol. The summed E-state index contributed by atoms with van der Waals surface area (Å²) in [6, 6.07) is -0.509. The maximum Gasteiger partial charge on any atom is 0.243 e. The van der Waals surface area contributed by atoms with Crippen molar-refractivity contribution in [3.8, 4) is 0 Å². The van der Waals surface area contributed by atoms with Crippen molar-refractivity contribution < 1.29 is 9.59 Å². The van der Waals surface area contributed by atoms with Gasteiger partial charge in [0.25, 0.3) is 0 Å². The number of carbonyl (C=O) groups excluding carboxylic acids is 2. The van der Waals surface area contributed by atoms with E-state index in [-0.39, 0.29) is 29.8 Å². The van der Waals surface area contributed by atoms with Crippen molar-refractivity contribution in [1.29, 1.82) is 0 Å². The predicted octanol–water partition coefficient (Wildman–Crippen LogP) is 0.358. The second-order valence-corrected chi connectivity index (χ2v) is 5.18. The van der Waals surface area contributed by atoms with Crippen LogP contribution in [0.15, 0.2) is 0 Å². The maximum atomic E-state index is 12.3. The van der Waals surface area contributed by atoms with Crippen molar-refractivity contribution >= 4 is 11.8 Å². The molecule has 5 nitrogen and oxygen atoms in total. The third-order valence-electron chi connectivity index (χ3n) is 3.37. The van der Waals surface area contributed by atoms with E-state index in [1.54, 1.807) is 11.9 Å². The number of hydrogen-bond donors (Lipinski definition) is 2. The summed E-state index contributed by atoms with van der Waals surface area (Å²) in [7, 11) is 1.72. The first-order valence-corrected chi connectivity index (χ1v) is 6.76. The average molecular weight is 255 g/mol. The van der Waals surface area contributed by atoms with E-state index in [0.29, 0.717) is 6.54 Å². The zero-order chi connectivity index (χ0) is 13.7. The number of hydrogen-bond acceptors (Lipinski definition) is 3. The fraction of sp³-hybridized carbons (Fsp3) is 0.846. The van der Waals surface area contributed by atoms with Gasteiger partial charge in [-0.1, -0.05) is 13.8 Å². The normalized spacial score (nSPS) is 20.8. The highest BCUT2D eigenvalue weighted by atomic mass is 16.2. The molecule has 0 aromatic heterocycles. The first-order chi connectivity index (χ1) is 8.49. The molecule has 5 heteroatoms. The lowest BCUT2D eigenvalue weighted by molar-refractivity contribution is -0.141. The van der Waals surface area contributed by atoms with Gasteiger partial charge in [-0.25, -0.2) is 0 Å². The molecule has 1 aliphatic rings. The van der Waals surface area contributed by atoms with Gasteiger partial charge in [-0.05, 0) is 32.2 Å². The first-order valence-electron chi connectivity index (χ1n) is 6.76. The molecule has 104 valence electrons. The molecule has 2 N–H and O–H groups in total. The van der Waals surface area contributed by atoms with E-state index < -0.39 is 0 Å². The Kier molecular flexibility index (Phi) is 5.59. The second-order valence-electron chi connectivity index (χ2n) is 5.18. The van der Waals surface area contributed by atoms with E-state index in [2.05, 4.69) is 10.6 Å². The average Bonchev–Trinajstić information content (AvgIpc) is 2.81. The van der Waals surface area contributed by atoms with Gasteiger partial charge in [0.15, 0.2) is 0 Å². The quantitative estimate of drug-likeness (QED) is 0.745. The second kappa shape index (κ2) is 6.73. The van der Waals surface area contributed by atoms with Crippen LogP contribution in [-0.2, 0) is 9.59 Å². The number of nitrogens with zero attached hydrogens (tertiary/aromatic N) is 1. The topological polar surface area (TPSA) is 61.4 Å². The Morgan fingerprint density at radius 1 is 1.44 bits per heavy atom. The van der Waals surface area contributed by atoms with E-state index in [0.717, 1.165) is 19.4 Å². The van der Waals surface area contributed by atoms with E-state index in [4.69, 9.17) is 0 Å². The van der Waals surface area contributed by atoms with Crippen molar-refractivity contribution in [3.05, 3.63) is 0 Å². The Morgan fingerprint density at radius 3 is 2.56 bits per heavy atom. The maximum absolute atomic E-state index is 12.3. The van der Waals surface area contributed by atoms with Gasteiger partial charge in [0.1, 0.15) is 6.04 Å². The third-order valence-corrected chi connectivity index (χ3v) is 3.37. The molecule has 1 heterocycles. The van der Waals surface area contributed by atoms with E-state index in [1.165, 1.54) is 0 Å². The van der Waals surface area contributed by atoms with Gasteiger partial charge >= 0.3 is 0 Å². The summed E-state index contributed by atoms with van der Waals surface area (Å²) in [5, 5.41) is 5.98. The SMILES string of the molecule is CCNC(=O)[C@@H](C(C)C)N(C)C(=O)[C@@H]1CCCN1.